The predicted octanol–water partition coefficient (Wildman–Crippen LogP) is 5.26. The summed E-state index contributed by atoms with van der Waals surface area (Å²) in [6.45, 7) is 7.24. The average Bonchev–Trinajstić information content (AvgIpc) is 2.89. The first-order valence-corrected chi connectivity index (χ1v) is 13.7. The highest BCUT2D eigenvalue weighted by molar-refractivity contribution is 6.75. The lowest BCUT2D eigenvalue weighted by molar-refractivity contribution is 0.0858. The first kappa shape index (κ1) is 26.4. The van der Waals surface area contributed by atoms with Gasteiger partial charge in [-0.3, -0.25) is 9.59 Å². The molecule has 0 aliphatic rings. The molecule has 0 spiro atoms. The van der Waals surface area contributed by atoms with E-state index in [1.807, 2.05) is 75.4 Å². The van der Waals surface area contributed by atoms with Crippen molar-refractivity contribution in [2.24, 2.45) is 0 Å². The van der Waals surface area contributed by atoms with Crippen molar-refractivity contribution in [3.05, 3.63) is 107 Å². The minimum Gasteiger partial charge on any atom is -0.370 e. The normalized spacial score (nSPS) is 11.6. The molecular weight excluding hydrogens is 456 g/mol. The molecule has 0 amide bonds. The Morgan fingerprint density at radius 1 is 0.714 bits per heavy atom. The highest BCUT2D eigenvalue weighted by atomic mass is 28.4. The molecule has 5 nitrogen and oxygen atoms in total. The fourth-order valence-electron chi connectivity index (χ4n) is 3.71. The summed E-state index contributed by atoms with van der Waals surface area (Å²) < 4.78 is 17.9. The Bertz CT molecular complexity index is 1100. The van der Waals surface area contributed by atoms with Crippen molar-refractivity contribution in [3.63, 3.8) is 0 Å². The minimum atomic E-state index is -2.97. The van der Waals surface area contributed by atoms with E-state index in [1.165, 1.54) is 0 Å². The summed E-state index contributed by atoms with van der Waals surface area (Å²) in [4.78, 5) is 25.3. The number of benzene rings is 3. The van der Waals surface area contributed by atoms with Crippen molar-refractivity contribution >= 4 is 31.6 Å². The molecule has 0 unspecified atom stereocenters. The molecule has 0 atom stereocenters. The van der Waals surface area contributed by atoms with Crippen molar-refractivity contribution in [2.45, 2.75) is 27.2 Å². The van der Waals surface area contributed by atoms with Crippen LogP contribution in [0.15, 0.2) is 84.9 Å². The van der Waals surface area contributed by atoms with Gasteiger partial charge in [-0.25, -0.2) is 0 Å². The first-order chi connectivity index (χ1) is 17.0. The Balaban J connectivity index is 1.66. The monoisotopic (exact) mass is 488 g/mol. The molecule has 0 aliphatic heterocycles. The summed E-state index contributed by atoms with van der Waals surface area (Å²) in [7, 11) is -2.97. The van der Waals surface area contributed by atoms with Gasteiger partial charge in [0.15, 0.2) is 11.6 Å². The predicted molar refractivity (Wildman–Crippen MR) is 141 cm³/mol. The van der Waals surface area contributed by atoms with E-state index in [2.05, 4.69) is 0 Å². The summed E-state index contributed by atoms with van der Waals surface area (Å²) in [5.41, 5.74) is 2.96. The Labute approximate surface area is 208 Å². The third-order valence-electron chi connectivity index (χ3n) is 5.39. The van der Waals surface area contributed by atoms with E-state index in [1.54, 1.807) is 36.4 Å². The Kier molecular flexibility index (Phi) is 9.87. The van der Waals surface area contributed by atoms with Gasteiger partial charge < -0.3 is 13.3 Å². The van der Waals surface area contributed by atoms with Crippen molar-refractivity contribution in [1.82, 2.24) is 0 Å². The molecular formula is C29H32O5Si. The third-order valence-corrected chi connectivity index (χ3v) is 8.44. The summed E-state index contributed by atoms with van der Waals surface area (Å²) in [6, 6.07) is 24.1. The third kappa shape index (κ3) is 7.16. The van der Waals surface area contributed by atoms with Crippen molar-refractivity contribution in [1.29, 1.82) is 0 Å². The second kappa shape index (κ2) is 13.1. The maximum Gasteiger partial charge on any atom is 0.537 e. The van der Waals surface area contributed by atoms with Gasteiger partial charge in [0.2, 0.25) is 0 Å². The standard InChI is InChI=1S/C29H32O5Si/c1-4-32-35(33-5-2,34-6-3)27-19-12-24(13-20-27)22-29(31)26-17-15-25(16-18-26)28(30)21-14-23-10-8-7-9-11-23/h7-21H,4-6,22H2,1-3H3/b21-14+. The van der Waals surface area contributed by atoms with Gasteiger partial charge >= 0.3 is 8.80 Å². The van der Waals surface area contributed by atoms with Gasteiger partial charge in [-0.05, 0) is 38.0 Å². The van der Waals surface area contributed by atoms with Crippen LogP contribution < -0.4 is 5.19 Å². The number of rotatable bonds is 13. The molecule has 3 aromatic carbocycles. The molecule has 0 N–H and O–H groups in total. The van der Waals surface area contributed by atoms with E-state index < -0.39 is 8.80 Å². The summed E-state index contributed by atoms with van der Waals surface area (Å²) in [5.74, 6) is -0.117. The van der Waals surface area contributed by atoms with E-state index in [9.17, 15) is 9.59 Å². The van der Waals surface area contributed by atoms with E-state index in [0.717, 1.165) is 16.3 Å². The van der Waals surface area contributed by atoms with E-state index in [0.29, 0.717) is 30.9 Å². The van der Waals surface area contributed by atoms with Crippen LogP contribution in [-0.4, -0.2) is 40.2 Å². The summed E-state index contributed by atoms with van der Waals surface area (Å²) >= 11 is 0. The van der Waals surface area contributed by atoms with Crippen LogP contribution in [0.2, 0.25) is 0 Å². The van der Waals surface area contributed by atoms with Gasteiger partial charge in [0, 0.05) is 42.6 Å². The molecule has 0 bridgehead atoms. The van der Waals surface area contributed by atoms with Gasteiger partial charge in [0.25, 0.3) is 0 Å². The lowest BCUT2D eigenvalue weighted by Crippen LogP contribution is -2.56. The number of hydrogen-bond donors (Lipinski definition) is 0. The van der Waals surface area contributed by atoms with Crippen LogP contribution in [0.25, 0.3) is 6.08 Å². The second-order valence-corrected chi connectivity index (χ2v) is 10.4. The number of carbonyl (C=O) groups is 2. The van der Waals surface area contributed by atoms with E-state index in [-0.39, 0.29) is 18.0 Å². The zero-order valence-corrected chi connectivity index (χ0v) is 21.5. The second-order valence-electron chi connectivity index (χ2n) is 7.84. The Hall–Kier alpha value is -3.16. The molecule has 0 saturated carbocycles. The number of Topliss-reactive ketones (excluding diaryl/α,β-unsaturated/α-hetero) is 1. The molecule has 0 saturated heterocycles. The molecule has 0 aliphatic carbocycles. The van der Waals surface area contributed by atoms with Crippen LogP contribution >= 0.6 is 0 Å². The highest BCUT2D eigenvalue weighted by Crippen LogP contribution is 2.14. The smallest absolute Gasteiger partial charge is 0.370 e. The molecule has 182 valence electrons. The van der Waals surface area contributed by atoms with Crippen LogP contribution in [-0.2, 0) is 19.7 Å². The fourth-order valence-corrected chi connectivity index (χ4v) is 6.18. The largest absolute Gasteiger partial charge is 0.537 e. The van der Waals surface area contributed by atoms with Gasteiger partial charge in [0.1, 0.15) is 0 Å². The topological polar surface area (TPSA) is 61.8 Å². The zero-order valence-electron chi connectivity index (χ0n) is 20.5. The lowest BCUT2D eigenvalue weighted by Gasteiger charge is -2.28. The lowest BCUT2D eigenvalue weighted by atomic mass is 10.0. The van der Waals surface area contributed by atoms with Crippen LogP contribution in [0.4, 0.5) is 0 Å². The molecule has 0 radical (unpaired) electrons. The van der Waals surface area contributed by atoms with Gasteiger partial charge in [0.05, 0.1) is 0 Å². The number of ketones is 2. The van der Waals surface area contributed by atoms with Crippen molar-refractivity contribution < 1.29 is 22.9 Å². The van der Waals surface area contributed by atoms with Crippen LogP contribution in [0.1, 0.15) is 52.6 Å². The molecule has 6 heteroatoms. The van der Waals surface area contributed by atoms with Crippen LogP contribution in [0, 0.1) is 0 Å². The number of allylic oxidation sites excluding steroid dienone is 1. The fraction of sp³-hybridized carbons (Fsp3) is 0.241. The molecule has 0 heterocycles. The minimum absolute atomic E-state index is 0.0143. The van der Waals surface area contributed by atoms with Gasteiger partial charge in [-0.2, -0.15) is 0 Å². The number of carbonyl (C=O) groups excluding carboxylic acids is 2. The van der Waals surface area contributed by atoms with Gasteiger partial charge in [-0.1, -0.05) is 84.9 Å². The Morgan fingerprint density at radius 2 is 1.26 bits per heavy atom. The van der Waals surface area contributed by atoms with Crippen molar-refractivity contribution in [3.8, 4) is 0 Å². The SMILES string of the molecule is CCO[Si](OCC)(OCC)c1ccc(CC(=O)c2ccc(C(=O)/C=C/c3ccccc3)cc2)cc1. The first-order valence-electron chi connectivity index (χ1n) is 11.9. The molecule has 3 aromatic rings. The molecule has 3 rings (SSSR count). The zero-order chi connectivity index (χ0) is 25.1. The molecule has 0 fully saturated rings. The molecule has 0 aromatic heterocycles. The van der Waals surface area contributed by atoms with Gasteiger partial charge in [-0.15, -0.1) is 0 Å². The summed E-state index contributed by atoms with van der Waals surface area (Å²) in [5, 5.41) is 0.880. The van der Waals surface area contributed by atoms with Crippen molar-refractivity contribution in [2.75, 3.05) is 19.8 Å². The van der Waals surface area contributed by atoms with Crippen LogP contribution in [0.5, 0.6) is 0 Å². The highest BCUT2D eigenvalue weighted by Gasteiger charge is 2.43. The maximum absolute atomic E-state index is 12.8. The molecule has 35 heavy (non-hydrogen) atoms. The average molecular weight is 489 g/mol. The quantitative estimate of drug-likeness (QED) is 0.186. The van der Waals surface area contributed by atoms with E-state index >= 15 is 0 Å². The number of hydrogen-bond acceptors (Lipinski definition) is 5. The Morgan fingerprint density at radius 3 is 1.80 bits per heavy atom. The van der Waals surface area contributed by atoms with Crippen LogP contribution in [0.3, 0.4) is 0 Å². The summed E-state index contributed by atoms with van der Waals surface area (Å²) in [6.07, 6.45) is 3.59. The van der Waals surface area contributed by atoms with E-state index in [4.69, 9.17) is 13.3 Å². The maximum atomic E-state index is 12.8.